The first-order valence-corrected chi connectivity index (χ1v) is 12.4. The number of nitrogens with zero attached hydrogens (tertiary/aromatic N) is 3. The van der Waals surface area contributed by atoms with E-state index in [4.69, 9.17) is 0 Å². The van der Waals surface area contributed by atoms with Crippen molar-refractivity contribution >= 4 is 23.2 Å². The molecular formula is C29H30N6O. The van der Waals surface area contributed by atoms with E-state index in [1.807, 2.05) is 55.5 Å². The van der Waals surface area contributed by atoms with Crippen molar-refractivity contribution in [1.29, 1.82) is 0 Å². The van der Waals surface area contributed by atoms with Gasteiger partial charge in [0.05, 0.1) is 5.69 Å². The third-order valence-electron chi connectivity index (χ3n) is 6.55. The molecule has 3 heterocycles. The van der Waals surface area contributed by atoms with Crippen LogP contribution < -0.4 is 16.0 Å². The third-order valence-corrected chi connectivity index (χ3v) is 6.55. The summed E-state index contributed by atoms with van der Waals surface area (Å²) in [4.78, 5) is 26.1. The normalized spacial score (nSPS) is 15.6. The Morgan fingerprint density at radius 3 is 2.75 bits per heavy atom. The van der Waals surface area contributed by atoms with E-state index >= 15 is 0 Å². The number of hydrogen-bond donors (Lipinski definition) is 3. The minimum atomic E-state index is -0.160. The first kappa shape index (κ1) is 23.6. The summed E-state index contributed by atoms with van der Waals surface area (Å²) in [5.41, 5.74) is 6.11. The van der Waals surface area contributed by atoms with E-state index in [0.717, 1.165) is 41.3 Å². The second kappa shape index (κ2) is 11.1. The van der Waals surface area contributed by atoms with Gasteiger partial charge in [-0.05, 0) is 85.8 Å². The zero-order valence-electron chi connectivity index (χ0n) is 20.4. The van der Waals surface area contributed by atoms with E-state index in [9.17, 15) is 4.79 Å². The standard InChI is InChI=1S/C29H30N6O/c1-20-7-8-22(17-27(20)35-29-32-16-13-26(34-29)24-6-4-15-31-19-24)28(36)33-25-11-9-21(10-12-25)23-5-2-3-14-30-18-23/h4,6-13,15-17,19,23,30H,2-3,5,14,18H2,1H3,(H,33,36)(H,32,34,35). The first-order valence-electron chi connectivity index (χ1n) is 12.4. The van der Waals surface area contributed by atoms with Crippen molar-refractivity contribution in [2.24, 2.45) is 0 Å². The number of benzene rings is 2. The minimum Gasteiger partial charge on any atom is -0.324 e. The highest BCUT2D eigenvalue weighted by Gasteiger charge is 2.15. The van der Waals surface area contributed by atoms with Gasteiger partial charge in [0, 0.05) is 47.6 Å². The van der Waals surface area contributed by atoms with Crippen molar-refractivity contribution < 1.29 is 4.79 Å². The van der Waals surface area contributed by atoms with Crippen LogP contribution in [0.3, 0.4) is 0 Å². The predicted octanol–water partition coefficient (Wildman–Crippen LogP) is 5.70. The van der Waals surface area contributed by atoms with Crippen LogP contribution in [0.15, 0.2) is 79.3 Å². The van der Waals surface area contributed by atoms with E-state index < -0.39 is 0 Å². The van der Waals surface area contributed by atoms with Crippen molar-refractivity contribution in [3.8, 4) is 11.3 Å². The molecule has 5 rings (SSSR count). The highest BCUT2D eigenvalue weighted by atomic mass is 16.1. The van der Waals surface area contributed by atoms with Crippen LogP contribution in [0.2, 0.25) is 0 Å². The SMILES string of the molecule is Cc1ccc(C(=O)Nc2ccc(C3CCCCNC3)cc2)cc1Nc1nccc(-c2cccnc2)n1. The van der Waals surface area contributed by atoms with E-state index in [1.54, 1.807) is 18.6 Å². The van der Waals surface area contributed by atoms with Crippen molar-refractivity contribution in [1.82, 2.24) is 20.3 Å². The zero-order chi connectivity index (χ0) is 24.7. The molecule has 0 aliphatic carbocycles. The van der Waals surface area contributed by atoms with Crippen LogP contribution in [-0.4, -0.2) is 33.9 Å². The molecule has 0 spiro atoms. The van der Waals surface area contributed by atoms with Crippen molar-refractivity contribution in [2.75, 3.05) is 23.7 Å². The van der Waals surface area contributed by atoms with E-state index in [0.29, 0.717) is 17.4 Å². The molecule has 1 aliphatic rings. The fraction of sp³-hybridized carbons (Fsp3) is 0.241. The van der Waals surface area contributed by atoms with Crippen LogP contribution in [0.25, 0.3) is 11.3 Å². The second-order valence-electron chi connectivity index (χ2n) is 9.13. The van der Waals surface area contributed by atoms with E-state index in [2.05, 4.69) is 43.0 Å². The summed E-state index contributed by atoms with van der Waals surface area (Å²) in [6, 6.07) is 19.5. The summed E-state index contributed by atoms with van der Waals surface area (Å²) in [6.45, 7) is 4.09. The zero-order valence-corrected chi connectivity index (χ0v) is 20.4. The Morgan fingerprint density at radius 1 is 1.03 bits per heavy atom. The smallest absolute Gasteiger partial charge is 0.255 e. The van der Waals surface area contributed by atoms with Gasteiger partial charge in [-0.3, -0.25) is 9.78 Å². The minimum absolute atomic E-state index is 0.160. The molecule has 36 heavy (non-hydrogen) atoms. The second-order valence-corrected chi connectivity index (χ2v) is 9.13. The highest BCUT2D eigenvalue weighted by Crippen LogP contribution is 2.26. The van der Waals surface area contributed by atoms with Gasteiger partial charge in [-0.2, -0.15) is 0 Å². The maximum absolute atomic E-state index is 13.0. The van der Waals surface area contributed by atoms with Gasteiger partial charge in [-0.15, -0.1) is 0 Å². The molecule has 1 saturated heterocycles. The largest absolute Gasteiger partial charge is 0.324 e. The number of aryl methyl sites for hydroxylation is 1. The van der Waals surface area contributed by atoms with Gasteiger partial charge in [-0.25, -0.2) is 9.97 Å². The first-order chi connectivity index (χ1) is 17.7. The molecule has 1 amide bonds. The Kier molecular flexibility index (Phi) is 7.28. The lowest BCUT2D eigenvalue weighted by atomic mass is 9.94. The molecule has 7 heteroatoms. The number of nitrogens with one attached hydrogen (secondary N) is 3. The van der Waals surface area contributed by atoms with Crippen LogP contribution in [0, 0.1) is 6.92 Å². The molecule has 0 bridgehead atoms. The number of amides is 1. The maximum atomic E-state index is 13.0. The van der Waals surface area contributed by atoms with Gasteiger partial charge in [-0.1, -0.05) is 24.6 Å². The van der Waals surface area contributed by atoms with Gasteiger partial charge in [0.2, 0.25) is 5.95 Å². The number of aromatic nitrogens is 3. The topological polar surface area (TPSA) is 91.8 Å². The number of carbonyl (C=O) groups excluding carboxylic acids is 1. The van der Waals surface area contributed by atoms with Gasteiger partial charge in [0.1, 0.15) is 0 Å². The van der Waals surface area contributed by atoms with Crippen LogP contribution in [-0.2, 0) is 0 Å². The van der Waals surface area contributed by atoms with E-state index in [1.165, 1.54) is 24.8 Å². The van der Waals surface area contributed by atoms with Crippen LogP contribution in [0.5, 0.6) is 0 Å². The fourth-order valence-electron chi connectivity index (χ4n) is 4.46. The number of pyridine rings is 1. The fourth-order valence-corrected chi connectivity index (χ4v) is 4.46. The number of rotatable bonds is 6. The van der Waals surface area contributed by atoms with Crippen molar-refractivity contribution in [3.63, 3.8) is 0 Å². The molecule has 7 nitrogen and oxygen atoms in total. The lowest BCUT2D eigenvalue weighted by Crippen LogP contribution is -2.19. The molecule has 1 unspecified atom stereocenters. The predicted molar refractivity (Wildman–Crippen MR) is 144 cm³/mol. The summed E-state index contributed by atoms with van der Waals surface area (Å²) in [7, 11) is 0. The molecule has 0 saturated carbocycles. The van der Waals surface area contributed by atoms with E-state index in [-0.39, 0.29) is 5.91 Å². The summed E-state index contributed by atoms with van der Waals surface area (Å²) >= 11 is 0. The quantitative estimate of drug-likeness (QED) is 0.329. The molecule has 1 aliphatic heterocycles. The average Bonchev–Trinajstić information content (AvgIpc) is 3.21. The Morgan fingerprint density at radius 2 is 1.92 bits per heavy atom. The molecule has 4 aromatic rings. The Hall–Kier alpha value is -4.10. The summed E-state index contributed by atoms with van der Waals surface area (Å²) < 4.78 is 0. The Bertz CT molecular complexity index is 1320. The van der Waals surface area contributed by atoms with Crippen LogP contribution in [0.1, 0.15) is 46.7 Å². The van der Waals surface area contributed by atoms with Crippen molar-refractivity contribution in [2.45, 2.75) is 32.1 Å². The molecule has 3 N–H and O–H groups in total. The molecule has 182 valence electrons. The molecular weight excluding hydrogens is 448 g/mol. The van der Waals surface area contributed by atoms with Crippen LogP contribution >= 0.6 is 0 Å². The third kappa shape index (κ3) is 5.75. The molecule has 0 radical (unpaired) electrons. The van der Waals surface area contributed by atoms with Gasteiger partial charge < -0.3 is 16.0 Å². The molecule has 2 aromatic heterocycles. The summed E-state index contributed by atoms with van der Waals surface area (Å²) in [5.74, 6) is 0.828. The lowest BCUT2D eigenvalue weighted by molar-refractivity contribution is 0.102. The Balaban J connectivity index is 1.28. The maximum Gasteiger partial charge on any atom is 0.255 e. The average molecular weight is 479 g/mol. The Labute approximate surface area is 211 Å². The van der Waals surface area contributed by atoms with Crippen molar-refractivity contribution in [3.05, 3.63) is 95.9 Å². The highest BCUT2D eigenvalue weighted by molar-refractivity contribution is 6.05. The number of hydrogen-bond acceptors (Lipinski definition) is 6. The monoisotopic (exact) mass is 478 g/mol. The van der Waals surface area contributed by atoms with Gasteiger partial charge in [0.25, 0.3) is 5.91 Å². The molecule has 1 fully saturated rings. The lowest BCUT2D eigenvalue weighted by Gasteiger charge is -2.15. The van der Waals surface area contributed by atoms with Crippen LogP contribution in [0.4, 0.5) is 17.3 Å². The molecule has 2 aromatic carbocycles. The molecule has 1 atom stereocenters. The van der Waals surface area contributed by atoms with Gasteiger partial charge >= 0.3 is 0 Å². The number of carbonyl (C=O) groups is 1. The van der Waals surface area contributed by atoms with Gasteiger partial charge in [0.15, 0.2) is 0 Å². The summed E-state index contributed by atoms with van der Waals surface area (Å²) in [6.07, 6.45) is 8.89. The summed E-state index contributed by atoms with van der Waals surface area (Å²) in [5, 5.41) is 9.80. The number of anilines is 3.